The Morgan fingerprint density at radius 1 is 1.13 bits per heavy atom. The molecule has 7 nitrogen and oxygen atoms in total. The highest BCUT2D eigenvalue weighted by Gasteiger charge is 2.31. The number of nitrogens with one attached hydrogen (secondary N) is 2. The fraction of sp³-hybridized carbons (Fsp3) is 0.783. The zero-order valence-corrected chi connectivity index (χ0v) is 21.2. The molecule has 1 aromatic rings. The molecule has 174 valence electrons. The monoisotopic (exact) mass is 542 g/mol. The molecule has 3 fully saturated rings. The molecular formula is C23H39IN6O. The summed E-state index contributed by atoms with van der Waals surface area (Å²) in [4.78, 5) is 19.7. The molecule has 2 heterocycles. The second kappa shape index (κ2) is 12.1. The molecule has 1 unspecified atom stereocenters. The van der Waals surface area contributed by atoms with Crippen LogP contribution in [0.25, 0.3) is 0 Å². The Morgan fingerprint density at radius 3 is 2.61 bits per heavy atom. The summed E-state index contributed by atoms with van der Waals surface area (Å²) in [5.41, 5.74) is 1.01. The van der Waals surface area contributed by atoms with Gasteiger partial charge in [-0.2, -0.15) is 5.10 Å². The molecule has 1 amide bonds. The molecule has 1 saturated heterocycles. The van der Waals surface area contributed by atoms with E-state index in [9.17, 15) is 4.79 Å². The summed E-state index contributed by atoms with van der Waals surface area (Å²) >= 11 is 0. The number of likely N-dealkylation sites (tertiary alicyclic amines) is 1. The first-order valence-corrected chi connectivity index (χ1v) is 12.1. The van der Waals surface area contributed by atoms with E-state index in [0.29, 0.717) is 18.5 Å². The predicted octanol–water partition coefficient (Wildman–Crippen LogP) is 3.85. The Hall–Kier alpha value is -1.32. The zero-order chi connectivity index (χ0) is 20.8. The first kappa shape index (κ1) is 24.3. The molecule has 0 bridgehead atoms. The van der Waals surface area contributed by atoms with Crippen LogP contribution in [0.3, 0.4) is 0 Å². The van der Waals surface area contributed by atoms with E-state index in [2.05, 4.69) is 39.4 Å². The van der Waals surface area contributed by atoms with Crippen LogP contribution in [0.4, 0.5) is 0 Å². The molecule has 2 aliphatic carbocycles. The number of guanidine groups is 1. The molecule has 0 radical (unpaired) electrons. The maximum Gasteiger partial charge on any atom is 0.225 e. The van der Waals surface area contributed by atoms with Gasteiger partial charge in [0, 0.05) is 37.8 Å². The summed E-state index contributed by atoms with van der Waals surface area (Å²) in [6, 6.07) is 2.93. The third-order valence-corrected chi connectivity index (χ3v) is 6.90. The van der Waals surface area contributed by atoms with Crippen LogP contribution in [0.2, 0.25) is 0 Å². The highest BCUT2D eigenvalue weighted by atomic mass is 127. The molecule has 8 heteroatoms. The van der Waals surface area contributed by atoms with Gasteiger partial charge in [0.2, 0.25) is 5.91 Å². The minimum atomic E-state index is 0. The van der Waals surface area contributed by atoms with E-state index in [1.807, 2.05) is 0 Å². The van der Waals surface area contributed by atoms with Crippen molar-refractivity contribution in [3.63, 3.8) is 0 Å². The van der Waals surface area contributed by atoms with Crippen LogP contribution in [-0.2, 0) is 11.3 Å². The second-order valence-corrected chi connectivity index (χ2v) is 9.17. The largest absolute Gasteiger partial charge is 0.357 e. The van der Waals surface area contributed by atoms with E-state index in [-0.39, 0.29) is 35.9 Å². The average molecular weight is 543 g/mol. The fourth-order valence-electron chi connectivity index (χ4n) is 5.19. The number of nitrogens with zero attached hydrogens (tertiary/aromatic N) is 4. The summed E-state index contributed by atoms with van der Waals surface area (Å²) in [6.45, 7) is 5.13. The SMILES string of the molecule is CCNC(=NCc1ccn(C2CCCC2)n1)NC1CCN(C(=O)C2CCCCC2)C1.I. The Bertz CT molecular complexity index is 723. The summed E-state index contributed by atoms with van der Waals surface area (Å²) < 4.78 is 2.13. The Kier molecular flexibility index (Phi) is 9.47. The van der Waals surface area contributed by atoms with Crippen LogP contribution in [-0.4, -0.2) is 52.2 Å². The van der Waals surface area contributed by atoms with Gasteiger partial charge in [-0.3, -0.25) is 9.48 Å². The van der Waals surface area contributed by atoms with Gasteiger partial charge in [-0.1, -0.05) is 32.1 Å². The van der Waals surface area contributed by atoms with Crippen LogP contribution in [0.1, 0.15) is 82.9 Å². The fourth-order valence-corrected chi connectivity index (χ4v) is 5.19. The van der Waals surface area contributed by atoms with Crippen LogP contribution < -0.4 is 10.6 Å². The molecule has 2 saturated carbocycles. The van der Waals surface area contributed by atoms with Gasteiger partial charge in [0.05, 0.1) is 18.3 Å². The first-order chi connectivity index (χ1) is 14.7. The highest BCUT2D eigenvalue weighted by Crippen LogP contribution is 2.29. The quantitative estimate of drug-likeness (QED) is 0.326. The van der Waals surface area contributed by atoms with E-state index in [1.165, 1.54) is 44.9 Å². The van der Waals surface area contributed by atoms with E-state index < -0.39 is 0 Å². The number of aliphatic imine (C=N–C) groups is 1. The Labute approximate surface area is 203 Å². The molecule has 31 heavy (non-hydrogen) atoms. The number of halogens is 1. The van der Waals surface area contributed by atoms with E-state index >= 15 is 0 Å². The van der Waals surface area contributed by atoms with Crippen LogP contribution in [0, 0.1) is 5.92 Å². The molecule has 1 aliphatic heterocycles. The van der Waals surface area contributed by atoms with E-state index in [0.717, 1.165) is 50.6 Å². The van der Waals surface area contributed by atoms with Gasteiger partial charge >= 0.3 is 0 Å². The van der Waals surface area contributed by atoms with Crippen LogP contribution >= 0.6 is 24.0 Å². The van der Waals surface area contributed by atoms with Crippen molar-refractivity contribution in [2.24, 2.45) is 10.9 Å². The Balaban J connectivity index is 0.00000272. The number of carbonyl (C=O) groups excluding carboxylic acids is 1. The summed E-state index contributed by atoms with van der Waals surface area (Å²) in [7, 11) is 0. The molecule has 0 aromatic carbocycles. The number of aromatic nitrogens is 2. The number of hydrogen-bond donors (Lipinski definition) is 2. The van der Waals surface area contributed by atoms with Crippen molar-refractivity contribution in [2.45, 2.75) is 89.8 Å². The molecule has 1 atom stereocenters. The van der Waals surface area contributed by atoms with E-state index in [1.54, 1.807) is 0 Å². The zero-order valence-electron chi connectivity index (χ0n) is 18.9. The topological polar surface area (TPSA) is 74.6 Å². The van der Waals surface area contributed by atoms with Crippen molar-refractivity contribution in [3.8, 4) is 0 Å². The summed E-state index contributed by atoms with van der Waals surface area (Å²) in [5, 5.41) is 11.6. The van der Waals surface area contributed by atoms with Crippen molar-refractivity contribution in [1.29, 1.82) is 0 Å². The molecule has 0 spiro atoms. The smallest absolute Gasteiger partial charge is 0.225 e. The lowest BCUT2D eigenvalue weighted by Crippen LogP contribution is -2.45. The van der Waals surface area contributed by atoms with E-state index in [4.69, 9.17) is 10.1 Å². The molecule has 4 rings (SSSR count). The maximum absolute atomic E-state index is 12.8. The van der Waals surface area contributed by atoms with Crippen molar-refractivity contribution >= 4 is 35.8 Å². The van der Waals surface area contributed by atoms with Gasteiger partial charge in [0.1, 0.15) is 0 Å². The third kappa shape index (κ3) is 6.58. The normalized spacial score (nSPS) is 23.1. The van der Waals surface area contributed by atoms with Crippen molar-refractivity contribution in [2.75, 3.05) is 19.6 Å². The standard InChI is InChI=1S/C23H38N6O.HI/c1-2-24-23(25-16-19-13-15-29(27-19)21-10-6-7-11-21)26-20-12-14-28(17-20)22(30)18-8-4-3-5-9-18;/h13,15,18,20-21H,2-12,14,16-17H2,1H3,(H2,24,25,26);1H. The van der Waals surface area contributed by atoms with Crippen molar-refractivity contribution in [3.05, 3.63) is 18.0 Å². The minimum absolute atomic E-state index is 0. The maximum atomic E-state index is 12.8. The van der Waals surface area contributed by atoms with Gasteiger partial charge in [0.15, 0.2) is 5.96 Å². The lowest BCUT2D eigenvalue weighted by molar-refractivity contribution is -0.135. The minimum Gasteiger partial charge on any atom is -0.357 e. The van der Waals surface area contributed by atoms with Gasteiger partial charge in [-0.05, 0) is 45.1 Å². The lowest BCUT2D eigenvalue weighted by Gasteiger charge is -2.26. The molecular weight excluding hydrogens is 503 g/mol. The third-order valence-electron chi connectivity index (χ3n) is 6.90. The van der Waals surface area contributed by atoms with Gasteiger partial charge in [0.25, 0.3) is 0 Å². The van der Waals surface area contributed by atoms with Crippen molar-refractivity contribution < 1.29 is 4.79 Å². The summed E-state index contributed by atoms with van der Waals surface area (Å²) in [6.07, 6.45) is 14.1. The number of amides is 1. The average Bonchev–Trinajstić information content (AvgIpc) is 3.54. The Morgan fingerprint density at radius 2 is 1.87 bits per heavy atom. The van der Waals surface area contributed by atoms with Crippen LogP contribution in [0.5, 0.6) is 0 Å². The number of carbonyl (C=O) groups is 1. The predicted molar refractivity (Wildman–Crippen MR) is 135 cm³/mol. The lowest BCUT2D eigenvalue weighted by atomic mass is 9.88. The second-order valence-electron chi connectivity index (χ2n) is 9.17. The van der Waals surface area contributed by atoms with Crippen LogP contribution in [0.15, 0.2) is 17.3 Å². The summed E-state index contributed by atoms with van der Waals surface area (Å²) in [5.74, 6) is 1.46. The molecule has 2 N–H and O–H groups in total. The number of hydrogen-bond acceptors (Lipinski definition) is 3. The molecule has 3 aliphatic rings. The first-order valence-electron chi connectivity index (χ1n) is 12.1. The van der Waals surface area contributed by atoms with Gasteiger partial charge in [-0.25, -0.2) is 4.99 Å². The van der Waals surface area contributed by atoms with Gasteiger partial charge < -0.3 is 15.5 Å². The van der Waals surface area contributed by atoms with Crippen molar-refractivity contribution in [1.82, 2.24) is 25.3 Å². The number of rotatable bonds is 6. The molecule has 1 aromatic heterocycles. The van der Waals surface area contributed by atoms with Gasteiger partial charge in [-0.15, -0.1) is 24.0 Å². The highest BCUT2D eigenvalue weighted by molar-refractivity contribution is 14.0.